The zero-order valence-corrected chi connectivity index (χ0v) is 22.7. The van der Waals surface area contributed by atoms with Gasteiger partial charge in [-0.2, -0.15) is 0 Å². The third-order valence-corrected chi connectivity index (χ3v) is 7.79. The average molecular weight is 551 g/mol. The summed E-state index contributed by atoms with van der Waals surface area (Å²) in [7, 11) is 0. The summed E-state index contributed by atoms with van der Waals surface area (Å²) in [5.41, 5.74) is 1.28. The molecular weight excluding hydrogens is 520 g/mol. The minimum absolute atomic E-state index is 0.0335. The van der Waals surface area contributed by atoms with Crippen molar-refractivity contribution in [3.8, 4) is 0 Å². The van der Waals surface area contributed by atoms with Crippen molar-refractivity contribution in [2.45, 2.75) is 57.8 Å². The van der Waals surface area contributed by atoms with Gasteiger partial charge in [0.25, 0.3) is 11.8 Å². The van der Waals surface area contributed by atoms with E-state index < -0.39 is 36.0 Å². The van der Waals surface area contributed by atoms with Crippen LogP contribution in [0, 0.1) is 5.92 Å². The number of carbonyl (C=O) groups excluding carboxylic acids is 3. The van der Waals surface area contributed by atoms with Crippen molar-refractivity contribution in [2.24, 2.45) is 10.9 Å². The molecule has 2 aliphatic heterocycles. The van der Waals surface area contributed by atoms with Crippen molar-refractivity contribution in [3.63, 3.8) is 0 Å². The Bertz CT molecular complexity index is 1390. The topological polar surface area (TPSA) is 148 Å². The highest BCUT2D eigenvalue weighted by atomic mass is 32.1. The number of thiazole rings is 1. The monoisotopic (exact) mass is 550 g/mol. The van der Waals surface area contributed by atoms with E-state index in [-0.39, 0.29) is 41.6 Å². The number of carbonyl (C=O) groups is 3. The molecule has 11 nitrogen and oxygen atoms in total. The summed E-state index contributed by atoms with van der Waals surface area (Å²) in [5.74, 6) is -0.702. The second kappa shape index (κ2) is 11.4. The van der Waals surface area contributed by atoms with Gasteiger partial charge >= 0.3 is 0 Å². The highest BCUT2D eigenvalue weighted by Gasteiger charge is 2.34. The van der Waals surface area contributed by atoms with Crippen LogP contribution < -0.4 is 16.0 Å². The molecule has 2 aliphatic rings. The van der Waals surface area contributed by atoms with E-state index in [4.69, 9.17) is 9.15 Å². The summed E-state index contributed by atoms with van der Waals surface area (Å²) in [6.45, 7) is 5.77. The van der Waals surface area contributed by atoms with Crippen molar-refractivity contribution in [3.05, 3.63) is 69.8 Å². The van der Waals surface area contributed by atoms with Crippen LogP contribution in [0.25, 0.3) is 0 Å². The molecular formula is C27H30N6O5S. The van der Waals surface area contributed by atoms with E-state index >= 15 is 0 Å². The maximum absolute atomic E-state index is 13.3. The second-order valence-corrected chi connectivity index (χ2v) is 10.6. The zero-order valence-electron chi connectivity index (χ0n) is 21.8. The summed E-state index contributed by atoms with van der Waals surface area (Å²) in [5, 5.41) is 11.1. The molecule has 1 unspecified atom stereocenters. The SMILES string of the molecule is CC[C@H](C)C1NC(=O)c2coc(n2)[C@H](C)NC(=O)[C@H]2COC(=N2)[C@@H](Cc2ccccc2)NC(=O)c2csc1n2. The Morgan fingerprint density at radius 1 is 1.05 bits per heavy atom. The summed E-state index contributed by atoms with van der Waals surface area (Å²) in [6.07, 6.45) is 2.45. The molecule has 204 valence electrons. The van der Waals surface area contributed by atoms with Gasteiger partial charge in [-0.1, -0.05) is 50.6 Å². The molecule has 3 N–H and O–H groups in total. The maximum Gasteiger partial charge on any atom is 0.273 e. The number of rotatable bonds is 4. The fourth-order valence-electron chi connectivity index (χ4n) is 4.39. The third-order valence-electron chi connectivity index (χ3n) is 6.86. The highest BCUT2D eigenvalue weighted by molar-refractivity contribution is 7.09. The molecule has 0 saturated heterocycles. The lowest BCUT2D eigenvalue weighted by atomic mass is 9.99. The molecule has 2 aromatic heterocycles. The second-order valence-electron chi connectivity index (χ2n) is 9.72. The number of nitrogens with one attached hydrogen (secondary N) is 3. The van der Waals surface area contributed by atoms with Crippen LogP contribution in [-0.2, 0) is 16.0 Å². The number of fused-ring (bicyclic) bond motifs is 5. The van der Waals surface area contributed by atoms with Crippen molar-refractivity contribution in [2.75, 3.05) is 6.61 Å². The molecule has 3 aromatic rings. The maximum atomic E-state index is 13.3. The molecule has 6 bridgehead atoms. The Morgan fingerprint density at radius 3 is 2.59 bits per heavy atom. The predicted octanol–water partition coefficient (Wildman–Crippen LogP) is 2.98. The van der Waals surface area contributed by atoms with Gasteiger partial charge < -0.3 is 25.1 Å². The normalized spacial score (nSPS) is 24.4. The lowest BCUT2D eigenvalue weighted by Crippen LogP contribution is -2.43. The first-order valence-electron chi connectivity index (χ1n) is 12.9. The third kappa shape index (κ3) is 5.85. The molecule has 0 aliphatic carbocycles. The van der Waals surface area contributed by atoms with E-state index in [2.05, 4.69) is 30.9 Å². The lowest BCUT2D eigenvalue weighted by molar-refractivity contribution is -0.123. The summed E-state index contributed by atoms with van der Waals surface area (Å²) in [6, 6.07) is 7.17. The van der Waals surface area contributed by atoms with Crippen LogP contribution in [0.15, 0.2) is 51.4 Å². The highest BCUT2D eigenvalue weighted by Crippen LogP contribution is 2.28. The Hall–Kier alpha value is -4.06. The van der Waals surface area contributed by atoms with Gasteiger partial charge in [0.15, 0.2) is 11.7 Å². The molecule has 0 spiro atoms. The van der Waals surface area contributed by atoms with Crippen LogP contribution in [0.3, 0.4) is 0 Å². The van der Waals surface area contributed by atoms with Crippen LogP contribution in [0.4, 0.5) is 0 Å². The smallest absolute Gasteiger partial charge is 0.273 e. The van der Waals surface area contributed by atoms with Crippen LogP contribution >= 0.6 is 11.3 Å². The predicted molar refractivity (Wildman–Crippen MR) is 143 cm³/mol. The number of hydrogen-bond donors (Lipinski definition) is 3. The molecule has 4 heterocycles. The van der Waals surface area contributed by atoms with E-state index in [0.29, 0.717) is 11.4 Å². The fourth-order valence-corrected chi connectivity index (χ4v) is 5.38. The molecule has 5 rings (SSSR count). The number of amides is 3. The average Bonchev–Trinajstić information content (AvgIpc) is 3.72. The summed E-state index contributed by atoms with van der Waals surface area (Å²) in [4.78, 5) is 52.8. The zero-order chi connectivity index (χ0) is 27.5. The van der Waals surface area contributed by atoms with Crippen molar-refractivity contribution < 1.29 is 23.5 Å². The van der Waals surface area contributed by atoms with E-state index in [1.54, 1.807) is 12.3 Å². The quantitative estimate of drug-likeness (QED) is 0.452. The minimum Gasteiger partial charge on any atom is -0.477 e. The van der Waals surface area contributed by atoms with Gasteiger partial charge in [-0.3, -0.25) is 14.4 Å². The summed E-state index contributed by atoms with van der Waals surface area (Å²) >= 11 is 1.30. The van der Waals surface area contributed by atoms with Gasteiger partial charge in [-0.25, -0.2) is 15.0 Å². The van der Waals surface area contributed by atoms with Gasteiger partial charge in [0.1, 0.15) is 35.7 Å². The van der Waals surface area contributed by atoms with Crippen molar-refractivity contribution in [1.82, 2.24) is 25.9 Å². The number of hydrogen-bond acceptors (Lipinski definition) is 9. The first-order chi connectivity index (χ1) is 18.8. The van der Waals surface area contributed by atoms with Gasteiger partial charge in [-0.15, -0.1) is 11.3 Å². The van der Waals surface area contributed by atoms with Crippen molar-refractivity contribution in [1.29, 1.82) is 0 Å². The Kier molecular flexibility index (Phi) is 7.73. The first-order valence-corrected chi connectivity index (χ1v) is 13.8. The van der Waals surface area contributed by atoms with Gasteiger partial charge in [0.05, 0.1) is 6.04 Å². The number of aromatic nitrogens is 2. The molecule has 39 heavy (non-hydrogen) atoms. The molecule has 12 heteroatoms. The molecule has 3 amide bonds. The van der Waals surface area contributed by atoms with E-state index in [1.807, 2.05) is 44.2 Å². The van der Waals surface area contributed by atoms with Crippen LogP contribution in [-0.4, -0.2) is 52.3 Å². The lowest BCUT2D eigenvalue weighted by Gasteiger charge is -2.22. The number of nitrogens with zero attached hydrogens (tertiary/aromatic N) is 3. The number of ether oxygens (including phenoxy) is 1. The van der Waals surface area contributed by atoms with Crippen LogP contribution in [0.5, 0.6) is 0 Å². The van der Waals surface area contributed by atoms with Crippen LogP contribution in [0.1, 0.15) is 76.7 Å². The molecule has 1 aromatic carbocycles. The van der Waals surface area contributed by atoms with Gasteiger partial charge in [0.2, 0.25) is 17.7 Å². The molecule has 0 radical (unpaired) electrons. The number of aliphatic imine (C=N–C) groups is 1. The summed E-state index contributed by atoms with van der Waals surface area (Å²) < 4.78 is 11.3. The van der Waals surface area contributed by atoms with Crippen molar-refractivity contribution >= 4 is 35.0 Å². The van der Waals surface area contributed by atoms with E-state index in [9.17, 15) is 14.4 Å². The Morgan fingerprint density at radius 2 is 1.82 bits per heavy atom. The number of oxazole rings is 1. The van der Waals surface area contributed by atoms with E-state index in [1.165, 1.54) is 17.6 Å². The largest absolute Gasteiger partial charge is 0.477 e. The van der Waals surface area contributed by atoms with E-state index in [0.717, 1.165) is 12.0 Å². The molecule has 0 fully saturated rings. The van der Waals surface area contributed by atoms with Gasteiger partial charge in [-0.05, 0) is 18.4 Å². The molecule has 5 atom stereocenters. The molecule has 0 saturated carbocycles. The standard InChI is InChI=1S/C27H30N6O5S/c1-4-14(2)21-27-32-20(13-39-27)24(36)29-17(10-16-8-6-5-7-9-16)26-31-18(12-38-26)22(34)28-15(3)25-30-19(11-37-25)23(35)33-21/h5-9,11,13-15,17-18,21H,4,10,12H2,1-3H3,(H,28,34)(H,29,36)(H,33,35)/t14-,15-,17+,18+,21?/m0/s1. The Balaban J connectivity index is 1.51. The Labute approximate surface area is 229 Å². The first kappa shape index (κ1) is 26.5. The van der Waals surface area contributed by atoms with Crippen LogP contribution in [0.2, 0.25) is 0 Å². The fraction of sp³-hybridized carbons (Fsp3) is 0.407. The minimum atomic E-state index is -0.809. The number of benzene rings is 1. The van der Waals surface area contributed by atoms with Gasteiger partial charge in [0, 0.05) is 11.8 Å².